The molecule has 100 valence electrons. The van der Waals surface area contributed by atoms with E-state index in [1.165, 1.54) is 25.7 Å². The van der Waals surface area contributed by atoms with Crippen molar-refractivity contribution in [2.24, 2.45) is 11.8 Å². The van der Waals surface area contributed by atoms with Gasteiger partial charge in [0, 0.05) is 12.1 Å². The van der Waals surface area contributed by atoms with Crippen LogP contribution in [0.2, 0.25) is 0 Å². The summed E-state index contributed by atoms with van der Waals surface area (Å²) in [7, 11) is 0. The van der Waals surface area contributed by atoms with Gasteiger partial charge in [0.15, 0.2) is 0 Å². The molecule has 1 aromatic rings. The number of aryl methyl sites for hydroxylation is 1. The summed E-state index contributed by atoms with van der Waals surface area (Å²) >= 11 is 0. The van der Waals surface area contributed by atoms with Gasteiger partial charge in [0.1, 0.15) is 17.5 Å². The quantitative estimate of drug-likeness (QED) is 0.863. The van der Waals surface area contributed by atoms with Gasteiger partial charge in [-0.05, 0) is 38.5 Å². The normalized spacial score (nSPS) is 23.9. The summed E-state index contributed by atoms with van der Waals surface area (Å²) in [4.78, 5) is 8.60. The van der Waals surface area contributed by atoms with Gasteiger partial charge >= 0.3 is 0 Å². The van der Waals surface area contributed by atoms with Gasteiger partial charge in [-0.2, -0.15) is 0 Å². The maximum atomic E-state index is 5.86. The largest absolute Gasteiger partial charge is 0.383 e. The van der Waals surface area contributed by atoms with E-state index in [0.29, 0.717) is 5.82 Å². The van der Waals surface area contributed by atoms with Crippen LogP contribution in [0.1, 0.15) is 44.0 Å². The molecule has 18 heavy (non-hydrogen) atoms. The van der Waals surface area contributed by atoms with E-state index in [4.69, 9.17) is 5.73 Å². The third-order valence-corrected chi connectivity index (χ3v) is 3.99. The van der Waals surface area contributed by atoms with E-state index in [-0.39, 0.29) is 0 Å². The molecular weight excluding hydrogens is 224 g/mol. The summed E-state index contributed by atoms with van der Waals surface area (Å²) in [6, 6.07) is 0. The number of hydrogen-bond acceptors (Lipinski definition) is 4. The number of hydrogen-bond donors (Lipinski definition) is 2. The molecule has 3 N–H and O–H groups in total. The van der Waals surface area contributed by atoms with Gasteiger partial charge in [-0.3, -0.25) is 0 Å². The number of rotatable bonds is 3. The van der Waals surface area contributed by atoms with Gasteiger partial charge in [-0.1, -0.05) is 19.8 Å². The predicted octanol–water partition coefficient (Wildman–Crippen LogP) is 2.91. The molecule has 1 aliphatic carbocycles. The van der Waals surface area contributed by atoms with Gasteiger partial charge in [0.25, 0.3) is 0 Å². The maximum Gasteiger partial charge on any atom is 0.134 e. The van der Waals surface area contributed by atoms with Crippen molar-refractivity contribution in [1.82, 2.24) is 9.97 Å². The Kier molecular flexibility index (Phi) is 4.04. The Balaban J connectivity index is 1.94. The second-order valence-electron chi connectivity index (χ2n) is 5.64. The van der Waals surface area contributed by atoms with E-state index in [0.717, 1.165) is 35.6 Å². The first-order valence-electron chi connectivity index (χ1n) is 6.91. The molecule has 0 aromatic carbocycles. The first-order chi connectivity index (χ1) is 8.56. The van der Waals surface area contributed by atoms with Crippen molar-refractivity contribution in [2.75, 3.05) is 17.6 Å². The summed E-state index contributed by atoms with van der Waals surface area (Å²) < 4.78 is 0. The third-order valence-electron chi connectivity index (χ3n) is 3.99. The molecule has 4 nitrogen and oxygen atoms in total. The smallest absolute Gasteiger partial charge is 0.134 e. The van der Waals surface area contributed by atoms with Crippen LogP contribution in [-0.4, -0.2) is 16.5 Å². The Morgan fingerprint density at radius 1 is 1.17 bits per heavy atom. The Morgan fingerprint density at radius 3 is 2.50 bits per heavy atom. The zero-order chi connectivity index (χ0) is 13.1. The van der Waals surface area contributed by atoms with E-state index in [9.17, 15) is 0 Å². The minimum Gasteiger partial charge on any atom is -0.383 e. The fourth-order valence-electron chi connectivity index (χ4n) is 2.60. The highest BCUT2D eigenvalue weighted by Crippen LogP contribution is 2.28. The lowest BCUT2D eigenvalue weighted by Gasteiger charge is -2.26. The van der Waals surface area contributed by atoms with E-state index in [2.05, 4.69) is 22.2 Å². The highest BCUT2D eigenvalue weighted by molar-refractivity contribution is 5.54. The molecule has 0 amide bonds. The van der Waals surface area contributed by atoms with Crippen molar-refractivity contribution in [3.8, 4) is 0 Å². The average Bonchev–Trinajstić information content (AvgIpc) is 2.34. The summed E-state index contributed by atoms with van der Waals surface area (Å²) in [6.07, 6.45) is 5.37. The van der Waals surface area contributed by atoms with Crippen LogP contribution in [0, 0.1) is 25.7 Å². The van der Waals surface area contributed by atoms with Crippen LogP contribution >= 0.6 is 0 Å². The summed E-state index contributed by atoms with van der Waals surface area (Å²) in [5, 5.41) is 3.45. The molecule has 1 saturated carbocycles. The van der Waals surface area contributed by atoms with Crippen LogP contribution in [-0.2, 0) is 0 Å². The molecule has 0 unspecified atom stereocenters. The molecule has 0 radical (unpaired) electrons. The molecular formula is C14H24N4. The van der Waals surface area contributed by atoms with Crippen molar-refractivity contribution in [3.05, 3.63) is 11.4 Å². The van der Waals surface area contributed by atoms with Crippen LogP contribution in [0.25, 0.3) is 0 Å². The number of nitrogen functional groups attached to an aromatic ring is 1. The van der Waals surface area contributed by atoms with Crippen molar-refractivity contribution >= 4 is 11.6 Å². The highest BCUT2D eigenvalue weighted by Gasteiger charge is 2.18. The van der Waals surface area contributed by atoms with Crippen molar-refractivity contribution < 1.29 is 0 Å². The average molecular weight is 248 g/mol. The molecule has 0 saturated heterocycles. The molecule has 1 aromatic heterocycles. The molecule has 1 fully saturated rings. The SMILES string of the molecule is Cc1nc(N)c(C)c(NCC2CCC(C)CC2)n1. The standard InChI is InChI=1S/C14H24N4/c1-9-4-6-12(7-5-9)8-16-14-10(2)13(15)17-11(3)18-14/h9,12H,4-8H2,1-3H3,(H3,15,16,17,18). The fourth-order valence-corrected chi connectivity index (χ4v) is 2.60. The van der Waals surface area contributed by atoms with Gasteiger partial charge in [-0.15, -0.1) is 0 Å². The first kappa shape index (κ1) is 13.1. The molecule has 2 rings (SSSR count). The number of aromatic nitrogens is 2. The van der Waals surface area contributed by atoms with Crippen LogP contribution in [0.5, 0.6) is 0 Å². The van der Waals surface area contributed by atoms with Crippen LogP contribution in [0.4, 0.5) is 11.6 Å². The predicted molar refractivity (Wildman–Crippen MR) is 75.5 cm³/mol. The Morgan fingerprint density at radius 2 is 1.83 bits per heavy atom. The lowest BCUT2D eigenvalue weighted by molar-refractivity contribution is 0.300. The number of nitrogens with zero attached hydrogens (tertiary/aromatic N) is 2. The van der Waals surface area contributed by atoms with Crippen LogP contribution in [0.15, 0.2) is 0 Å². The molecule has 1 heterocycles. The zero-order valence-corrected chi connectivity index (χ0v) is 11.7. The summed E-state index contributed by atoms with van der Waals surface area (Å²) in [6.45, 7) is 7.20. The molecule has 4 heteroatoms. The first-order valence-corrected chi connectivity index (χ1v) is 6.91. The van der Waals surface area contributed by atoms with Gasteiger partial charge in [-0.25, -0.2) is 9.97 Å². The molecule has 0 spiro atoms. The van der Waals surface area contributed by atoms with E-state index in [1.807, 2.05) is 13.8 Å². The van der Waals surface area contributed by atoms with Crippen molar-refractivity contribution in [1.29, 1.82) is 0 Å². The number of nitrogens with two attached hydrogens (primary N) is 1. The molecule has 1 aliphatic rings. The Bertz CT molecular complexity index is 409. The monoisotopic (exact) mass is 248 g/mol. The molecule has 0 aliphatic heterocycles. The van der Waals surface area contributed by atoms with E-state index < -0.39 is 0 Å². The van der Waals surface area contributed by atoms with E-state index in [1.54, 1.807) is 0 Å². The fraction of sp³-hybridized carbons (Fsp3) is 0.714. The summed E-state index contributed by atoms with van der Waals surface area (Å²) in [5.74, 6) is 3.90. The van der Waals surface area contributed by atoms with Gasteiger partial charge < -0.3 is 11.1 Å². The highest BCUT2D eigenvalue weighted by atomic mass is 15.1. The van der Waals surface area contributed by atoms with Crippen LogP contribution in [0.3, 0.4) is 0 Å². The second-order valence-corrected chi connectivity index (χ2v) is 5.64. The van der Waals surface area contributed by atoms with E-state index >= 15 is 0 Å². The van der Waals surface area contributed by atoms with Crippen LogP contribution < -0.4 is 11.1 Å². The lowest BCUT2D eigenvalue weighted by atomic mass is 9.83. The lowest BCUT2D eigenvalue weighted by Crippen LogP contribution is -2.21. The number of nitrogens with one attached hydrogen (secondary N) is 1. The number of anilines is 2. The second kappa shape index (κ2) is 5.55. The zero-order valence-electron chi connectivity index (χ0n) is 11.7. The van der Waals surface area contributed by atoms with Gasteiger partial charge in [0.2, 0.25) is 0 Å². The summed E-state index contributed by atoms with van der Waals surface area (Å²) in [5.41, 5.74) is 6.82. The minimum absolute atomic E-state index is 0.585. The van der Waals surface area contributed by atoms with Gasteiger partial charge in [0.05, 0.1) is 0 Å². The Labute approximate surface area is 109 Å². The maximum absolute atomic E-state index is 5.86. The van der Waals surface area contributed by atoms with Crippen molar-refractivity contribution in [2.45, 2.75) is 46.5 Å². The third kappa shape index (κ3) is 3.12. The molecule has 0 atom stereocenters. The topological polar surface area (TPSA) is 63.8 Å². The Hall–Kier alpha value is -1.32. The van der Waals surface area contributed by atoms with Crippen molar-refractivity contribution in [3.63, 3.8) is 0 Å². The minimum atomic E-state index is 0.585. The molecule has 0 bridgehead atoms.